The summed E-state index contributed by atoms with van der Waals surface area (Å²) in [6.07, 6.45) is 3.39. The van der Waals surface area contributed by atoms with Gasteiger partial charge in [-0.25, -0.2) is 8.42 Å². The van der Waals surface area contributed by atoms with Crippen molar-refractivity contribution in [1.29, 1.82) is 0 Å². The summed E-state index contributed by atoms with van der Waals surface area (Å²) < 4.78 is 29.0. The molecule has 8 heteroatoms. The zero-order valence-electron chi connectivity index (χ0n) is 19.1. The largest absolute Gasteiger partial charge is 0.341 e. The van der Waals surface area contributed by atoms with Gasteiger partial charge in [0.1, 0.15) is 6.04 Å². The van der Waals surface area contributed by atoms with Crippen LogP contribution >= 0.6 is 0 Å². The number of anilines is 1. The first-order chi connectivity index (χ1) is 14.6. The standard InChI is InChI=1S/C23H35N3O4S/c1-5-22(27)26-13-10-18-15-19(6-7-21(18)26)31(29,30)24-20(14-16(2)3)23(28)25-11-8-17(4)9-12-25/h6-7,15-17,20,24H,5,8-14H2,1-4H3. The van der Waals surface area contributed by atoms with E-state index in [0.29, 0.717) is 44.8 Å². The molecular weight excluding hydrogens is 414 g/mol. The maximum atomic E-state index is 13.2. The lowest BCUT2D eigenvalue weighted by Gasteiger charge is -2.33. The maximum Gasteiger partial charge on any atom is 0.241 e. The summed E-state index contributed by atoms with van der Waals surface area (Å²) in [5, 5.41) is 0. The Morgan fingerprint density at radius 3 is 2.45 bits per heavy atom. The van der Waals surface area contributed by atoms with Gasteiger partial charge in [-0.1, -0.05) is 27.7 Å². The van der Waals surface area contributed by atoms with Crippen LogP contribution in [0.15, 0.2) is 23.1 Å². The van der Waals surface area contributed by atoms with E-state index in [-0.39, 0.29) is 22.6 Å². The Kier molecular flexibility index (Phi) is 7.42. The smallest absolute Gasteiger partial charge is 0.241 e. The number of piperidine rings is 1. The van der Waals surface area contributed by atoms with Gasteiger partial charge < -0.3 is 9.80 Å². The van der Waals surface area contributed by atoms with Crippen LogP contribution in [-0.4, -0.2) is 50.8 Å². The van der Waals surface area contributed by atoms with Crippen LogP contribution < -0.4 is 9.62 Å². The normalized spacial score (nSPS) is 18.4. The summed E-state index contributed by atoms with van der Waals surface area (Å²) in [5.74, 6) is 0.667. The summed E-state index contributed by atoms with van der Waals surface area (Å²) in [4.78, 5) is 28.9. The van der Waals surface area contributed by atoms with E-state index in [1.807, 2.05) is 20.8 Å². The van der Waals surface area contributed by atoms with Crippen molar-refractivity contribution < 1.29 is 18.0 Å². The van der Waals surface area contributed by atoms with E-state index < -0.39 is 16.1 Å². The summed E-state index contributed by atoms with van der Waals surface area (Å²) in [6.45, 7) is 9.90. The third-order valence-corrected chi connectivity index (χ3v) is 7.73. The van der Waals surface area contributed by atoms with Crippen molar-refractivity contribution in [1.82, 2.24) is 9.62 Å². The zero-order valence-corrected chi connectivity index (χ0v) is 19.9. The summed E-state index contributed by atoms with van der Waals surface area (Å²) in [5.41, 5.74) is 1.63. The number of hydrogen-bond donors (Lipinski definition) is 1. The zero-order chi connectivity index (χ0) is 22.8. The number of rotatable bonds is 7. The van der Waals surface area contributed by atoms with Gasteiger partial charge >= 0.3 is 0 Å². The Morgan fingerprint density at radius 1 is 1.16 bits per heavy atom. The van der Waals surface area contributed by atoms with Crippen molar-refractivity contribution in [3.05, 3.63) is 23.8 Å². The predicted octanol–water partition coefficient (Wildman–Crippen LogP) is 2.94. The molecule has 1 aromatic carbocycles. The molecule has 1 aromatic rings. The minimum Gasteiger partial charge on any atom is -0.341 e. The van der Waals surface area contributed by atoms with Crippen LogP contribution in [-0.2, 0) is 26.0 Å². The highest BCUT2D eigenvalue weighted by molar-refractivity contribution is 7.89. The fraction of sp³-hybridized carbons (Fsp3) is 0.652. The average molecular weight is 450 g/mol. The fourth-order valence-corrected chi connectivity index (χ4v) is 5.62. The second kappa shape index (κ2) is 9.69. The molecule has 1 N–H and O–H groups in total. The van der Waals surface area contributed by atoms with Gasteiger partial charge in [0.05, 0.1) is 4.90 Å². The van der Waals surface area contributed by atoms with Gasteiger partial charge in [0.2, 0.25) is 21.8 Å². The number of nitrogens with one attached hydrogen (secondary N) is 1. The Bertz CT molecular complexity index is 921. The monoisotopic (exact) mass is 449 g/mol. The van der Waals surface area contributed by atoms with E-state index in [4.69, 9.17) is 0 Å². The lowest BCUT2D eigenvalue weighted by atomic mass is 9.97. The molecule has 1 atom stereocenters. The number of hydrogen-bond acceptors (Lipinski definition) is 4. The molecule has 3 rings (SSSR count). The minimum atomic E-state index is -3.87. The first-order valence-corrected chi connectivity index (χ1v) is 12.8. The minimum absolute atomic E-state index is 0.0333. The molecule has 2 aliphatic rings. The van der Waals surface area contributed by atoms with Gasteiger partial charge in [0, 0.05) is 31.7 Å². The molecule has 31 heavy (non-hydrogen) atoms. The molecule has 0 aliphatic carbocycles. The molecule has 1 unspecified atom stereocenters. The van der Waals surface area contributed by atoms with Gasteiger partial charge in [-0.3, -0.25) is 9.59 Å². The lowest BCUT2D eigenvalue weighted by Crippen LogP contribution is -2.51. The van der Waals surface area contributed by atoms with Gasteiger partial charge in [-0.15, -0.1) is 0 Å². The number of likely N-dealkylation sites (tertiary alicyclic amines) is 1. The molecule has 172 valence electrons. The number of carbonyl (C=O) groups is 2. The molecule has 7 nitrogen and oxygen atoms in total. The van der Waals surface area contributed by atoms with Gasteiger partial charge in [0.15, 0.2) is 0 Å². The molecule has 2 amide bonds. The summed E-state index contributed by atoms with van der Waals surface area (Å²) in [6, 6.07) is 4.10. The van der Waals surface area contributed by atoms with Crippen LogP contribution in [0.2, 0.25) is 0 Å². The molecule has 2 aliphatic heterocycles. The number of benzene rings is 1. The van der Waals surface area contributed by atoms with E-state index in [0.717, 1.165) is 24.1 Å². The van der Waals surface area contributed by atoms with Crippen LogP contribution in [0.25, 0.3) is 0 Å². The third-order valence-electron chi connectivity index (χ3n) is 6.26. The highest BCUT2D eigenvalue weighted by Gasteiger charge is 2.32. The van der Waals surface area contributed by atoms with Crippen LogP contribution in [0, 0.1) is 11.8 Å². The van der Waals surface area contributed by atoms with E-state index in [1.54, 1.807) is 21.9 Å². The Balaban J connectivity index is 1.79. The van der Waals surface area contributed by atoms with Crippen molar-refractivity contribution in [2.75, 3.05) is 24.5 Å². The van der Waals surface area contributed by atoms with E-state index in [9.17, 15) is 18.0 Å². The Hall–Kier alpha value is -1.93. The molecule has 1 fully saturated rings. The summed E-state index contributed by atoms with van der Waals surface area (Å²) in [7, 11) is -3.87. The van der Waals surface area contributed by atoms with E-state index >= 15 is 0 Å². The highest BCUT2D eigenvalue weighted by Crippen LogP contribution is 2.31. The van der Waals surface area contributed by atoms with E-state index in [1.165, 1.54) is 6.07 Å². The van der Waals surface area contributed by atoms with Crippen LogP contribution in [0.4, 0.5) is 5.69 Å². The fourth-order valence-electron chi connectivity index (χ4n) is 4.37. The highest BCUT2D eigenvalue weighted by atomic mass is 32.2. The SMILES string of the molecule is CCC(=O)N1CCc2cc(S(=O)(=O)NC(CC(C)C)C(=O)N3CCC(C)CC3)ccc21. The topological polar surface area (TPSA) is 86.8 Å². The lowest BCUT2D eigenvalue weighted by molar-refractivity contribution is -0.134. The molecular formula is C23H35N3O4S. The quantitative estimate of drug-likeness (QED) is 0.693. The van der Waals surface area contributed by atoms with Crippen molar-refractivity contribution in [2.24, 2.45) is 11.8 Å². The number of nitrogens with zero attached hydrogens (tertiary/aromatic N) is 2. The maximum absolute atomic E-state index is 13.2. The number of sulfonamides is 1. The molecule has 0 saturated carbocycles. The van der Waals surface area contributed by atoms with Gasteiger partial charge in [-0.2, -0.15) is 4.72 Å². The Labute approximate surface area is 186 Å². The summed E-state index contributed by atoms with van der Waals surface area (Å²) >= 11 is 0. The van der Waals surface area contributed by atoms with Crippen molar-refractivity contribution in [2.45, 2.75) is 70.7 Å². The van der Waals surface area contributed by atoms with Gasteiger partial charge in [0.25, 0.3) is 0 Å². The van der Waals surface area contributed by atoms with Crippen LogP contribution in [0.5, 0.6) is 0 Å². The molecule has 1 saturated heterocycles. The molecule has 0 aromatic heterocycles. The third kappa shape index (κ3) is 5.47. The van der Waals surface area contributed by atoms with Gasteiger partial charge in [-0.05, 0) is 61.3 Å². The van der Waals surface area contributed by atoms with Crippen molar-refractivity contribution in [3.8, 4) is 0 Å². The number of fused-ring (bicyclic) bond motifs is 1. The van der Waals surface area contributed by atoms with Crippen LogP contribution in [0.1, 0.15) is 58.9 Å². The molecule has 0 bridgehead atoms. The average Bonchev–Trinajstić information content (AvgIpc) is 3.15. The Morgan fingerprint density at radius 2 is 1.84 bits per heavy atom. The molecule has 0 radical (unpaired) electrons. The predicted molar refractivity (Wildman–Crippen MR) is 121 cm³/mol. The second-order valence-electron chi connectivity index (χ2n) is 9.25. The van der Waals surface area contributed by atoms with Crippen LogP contribution in [0.3, 0.4) is 0 Å². The van der Waals surface area contributed by atoms with E-state index in [2.05, 4.69) is 11.6 Å². The molecule has 2 heterocycles. The second-order valence-corrected chi connectivity index (χ2v) is 11.0. The van der Waals surface area contributed by atoms with Crippen molar-refractivity contribution >= 4 is 27.5 Å². The first kappa shape index (κ1) is 23.7. The van der Waals surface area contributed by atoms with Crippen molar-refractivity contribution in [3.63, 3.8) is 0 Å². The molecule has 0 spiro atoms. The number of carbonyl (C=O) groups excluding carboxylic acids is 2. The first-order valence-electron chi connectivity index (χ1n) is 11.4. The number of amides is 2.